The number of rotatable bonds is 9. The maximum absolute atomic E-state index is 12.3. The van der Waals surface area contributed by atoms with Crippen molar-refractivity contribution in [3.05, 3.63) is 18.2 Å². The fraction of sp³-hybridized carbons (Fsp3) is 0.429. The zero-order valence-electron chi connectivity index (χ0n) is 13.1. The van der Waals surface area contributed by atoms with Crippen LogP contribution in [0.15, 0.2) is 17.5 Å². The number of aliphatic carboxylic acids is 1. The highest BCUT2D eigenvalue weighted by molar-refractivity contribution is 5.93. The third kappa shape index (κ3) is 6.38. The lowest BCUT2D eigenvalue weighted by atomic mass is 10.1. The summed E-state index contributed by atoms with van der Waals surface area (Å²) in [5.41, 5.74) is 0.527. The Kier molecular flexibility index (Phi) is 7.27. The molecule has 3 amide bonds. The highest BCUT2D eigenvalue weighted by Crippen LogP contribution is 2.04. The monoisotopic (exact) mass is 337 g/mol. The average Bonchev–Trinajstić information content (AvgIpc) is 3.02. The van der Waals surface area contributed by atoms with Gasteiger partial charge in [-0.1, -0.05) is 0 Å². The molecule has 130 valence electrons. The Morgan fingerprint density at radius 1 is 1.33 bits per heavy atom. The van der Waals surface area contributed by atoms with E-state index in [0.29, 0.717) is 5.69 Å². The van der Waals surface area contributed by atoms with Crippen LogP contribution in [0, 0.1) is 0 Å². The van der Waals surface area contributed by atoms with Gasteiger partial charge in [-0.25, -0.2) is 9.98 Å². The van der Waals surface area contributed by atoms with Crippen LogP contribution in [0.25, 0.3) is 0 Å². The van der Waals surface area contributed by atoms with E-state index in [2.05, 4.69) is 32.3 Å². The molecule has 1 aromatic rings. The molecule has 0 bridgehead atoms. The van der Waals surface area contributed by atoms with Gasteiger partial charge in [0.25, 0.3) is 5.91 Å². The Balaban J connectivity index is 2.81. The summed E-state index contributed by atoms with van der Waals surface area (Å²) in [5.74, 6) is -2.93. The molecule has 1 heterocycles. The molecule has 1 rings (SSSR count). The minimum absolute atomic E-state index is 0.0822. The lowest BCUT2D eigenvalue weighted by Crippen LogP contribution is -2.51. The van der Waals surface area contributed by atoms with Crippen LogP contribution in [0.5, 0.6) is 0 Å². The van der Waals surface area contributed by atoms with Crippen molar-refractivity contribution in [2.45, 2.75) is 38.3 Å². The summed E-state index contributed by atoms with van der Waals surface area (Å²) in [6.45, 7) is 4.35. The van der Waals surface area contributed by atoms with E-state index in [1.165, 1.54) is 13.3 Å². The molecule has 10 nitrogen and oxygen atoms in total. The molecule has 24 heavy (non-hydrogen) atoms. The van der Waals surface area contributed by atoms with Gasteiger partial charge in [-0.15, -0.1) is 0 Å². The quantitative estimate of drug-likeness (QED) is 0.425. The molecule has 0 radical (unpaired) electrons. The number of amides is 3. The van der Waals surface area contributed by atoms with Gasteiger partial charge in [0.1, 0.15) is 12.1 Å². The number of carbonyl (C=O) groups is 4. The van der Waals surface area contributed by atoms with Crippen LogP contribution < -0.4 is 10.6 Å². The van der Waals surface area contributed by atoms with Crippen molar-refractivity contribution in [2.24, 2.45) is 4.99 Å². The van der Waals surface area contributed by atoms with Crippen molar-refractivity contribution in [1.29, 1.82) is 0 Å². The second-order valence-electron chi connectivity index (χ2n) is 5.01. The molecule has 0 aromatic carbocycles. The van der Waals surface area contributed by atoms with Crippen molar-refractivity contribution < 1.29 is 24.3 Å². The molecule has 4 N–H and O–H groups in total. The van der Waals surface area contributed by atoms with Crippen LogP contribution in [-0.4, -0.2) is 57.6 Å². The molecule has 0 fully saturated rings. The first-order valence-corrected chi connectivity index (χ1v) is 7.11. The van der Waals surface area contributed by atoms with Crippen molar-refractivity contribution >= 4 is 30.4 Å². The van der Waals surface area contributed by atoms with Crippen LogP contribution in [0.2, 0.25) is 0 Å². The molecule has 0 aliphatic rings. The molecule has 0 saturated carbocycles. The number of aromatic nitrogens is 2. The van der Waals surface area contributed by atoms with Crippen molar-refractivity contribution in [2.75, 3.05) is 0 Å². The van der Waals surface area contributed by atoms with Gasteiger partial charge in [0.05, 0.1) is 12.0 Å². The molecule has 1 aromatic heterocycles. The minimum atomic E-state index is -1.10. The van der Waals surface area contributed by atoms with E-state index in [1.54, 1.807) is 6.20 Å². The maximum atomic E-state index is 12.3. The number of nitrogens with one attached hydrogen (secondary N) is 3. The topological polar surface area (TPSA) is 154 Å². The molecule has 0 saturated heterocycles. The van der Waals surface area contributed by atoms with Gasteiger partial charge in [-0.3, -0.25) is 19.2 Å². The molecule has 0 aliphatic heterocycles. The Morgan fingerprint density at radius 3 is 2.54 bits per heavy atom. The van der Waals surface area contributed by atoms with E-state index in [9.17, 15) is 19.2 Å². The van der Waals surface area contributed by atoms with Crippen LogP contribution in [0.3, 0.4) is 0 Å². The predicted molar refractivity (Wildman–Crippen MR) is 83.3 cm³/mol. The summed E-state index contributed by atoms with van der Waals surface area (Å²) >= 11 is 0. The maximum Gasteiger partial charge on any atom is 0.303 e. The summed E-state index contributed by atoms with van der Waals surface area (Å²) in [6, 6.07) is -2.09. The zero-order valence-corrected chi connectivity index (χ0v) is 13.1. The van der Waals surface area contributed by atoms with Crippen LogP contribution >= 0.6 is 0 Å². The van der Waals surface area contributed by atoms with Crippen LogP contribution in [0.1, 0.15) is 25.5 Å². The molecular weight excluding hydrogens is 318 g/mol. The minimum Gasteiger partial charge on any atom is -0.481 e. The number of hydrogen-bond acceptors (Lipinski definition) is 5. The predicted octanol–water partition coefficient (Wildman–Crippen LogP) is -0.966. The smallest absolute Gasteiger partial charge is 0.303 e. The first-order valence-electron chi connectivity index (χ1n) is 7.11. The Hall–Kier alpha value is -3.04. The second kappa shape index (κ2) is 9.18. The standard InChI is InChI=1S/C14H19N5O5/c1-8(20)18-10(3-4-12(21)22)14(24)19-11(13(23)15-2)5-9-6-16-7-17-9/h6-7,10-11H,2-5H2,1H3,(H,16,17)(H,18,20)(H,19,24)(H,21,22)/t10-,11-/m0/s1. The summed E-state index contributed by atoms with van der Waals surface area (Å²) < 4.78 is 0. The van der Waals surface area contributed by atoms with Gasteiger partial charge in [-0.05, 0) is 13.1 Å². The molecule has 0 aliphatic carbocycles. The SMILES string of the molecule is C=NC(=O)[C@H](Cc1c[nH]cn1)NC(=O)[C@H](CCC(=O)O)NC(C)=O. The Bertz CT molecular complexity index is 613. The number of imidazole rings is 1. The number of aliphatic imine (C=N–C) groups is 1. The first-order chi connectivity index (χ1) is 11.3. The number of H-pyrrole nitrogens is 1. The summed E-state index contributed by atoms with van der Waals surface area (Å²) in [4.78, 5) is 55.9. The van der Waals surface area contributed by atoms with Gasteiger partial charge in [0, 0.05) is 26.0 Å². The number of hydrogen-bond donors (Lipinski definition) is 4. The summed E-state index contributed by atoms with van der Waals surface area (Å²) in [6.07, 6.45) is 2.65. The third-order valence-corrected chi connectivity index (χ3v) is 3.08. The van der Waals surface area contributed by atoms with E-state index < -0.39 is 35.8 Å². The normalized spacial score (nSPS) is 12.7. The number of carboxylic acid groups (broad SMARTS) is 1. The van der Waals surface area contributed by atoms with Crippen LogP contribution in [-0.2, 0) is 25.6 Å². The Labute approximate surface area is 137 Å². The van der Waals surface area contributed by atoms with E-state index in [0.717, 1.165) is 0 Å². The largest absolute Gasteiger partial charge is 0.481 e. The lowest BCUT2D eigenvalue weighted by Gasteiger charge is -2.20. The van der Waals surface area contributed by atoms with E-state index in [-0.39, 0.29) is 19.3 Å². The highest BCUT2D eigenvalue weighted by atomic mass is 16.4. The number of nitrogens with zero attached hydrogens (tertiary/aromatic N) is 2. The number of carboxylic acids is 1. The van der Waals surface area contributed by atoms with E-state index >= 15 is 0 Å². The fourth-order valence-corrected chi connectivity index (χ4v) is 1.98. The molecule has 0 spiro atoms. The number of aromatic amines is 1. The number of carbonyl (C=O) groups excluding carboxylic acids is 3. The van der Waals surface area contributed by atoms with E-state index in [4.69, 9.17) is 5.11 Å². The summed E-state index contributed by atoms with van der Waals surface area (Å²) in [5, 5.41) is 13.5. The molecule has 10 heteroatoms. The van der Waals surface area contributed by atoms with Gasteiger partial charge in [0.2, 0.25) is 11.8 Å². The van der Waals surface area contributed by atoms with Crippen molar-refractivity contribution in [3.8, 4) is 0 Å². The molecule has 0 unspecified atom stereocenters. The highest BCUT2D eigenvalue weighted by Gasteiger charge is 2.26. The third-order valence-electron chi connectivity index (χ3n) is 3.08. The first kappa shape index (κ1) is 19.0. The van der Waals surface area contributed by atoms with Gasteiger partial charge < -0.3 is 20.7 Å². The van der Waals surface area contributed by atoms with Gasteiger partial charge in [0.15, 0.2) is 0 Å². The lowest BCUT2D eigenvalue weighted by molar-refractivity contribution is -0.138. The zero-order chi connectivity index (χ0) is 18.1. The Morgan fingerprint density at radius 2 is 2.04 bits per heavy atom. The van der Waals surface area contributed by atoms with Gasteiger partial charge >= 0.3 is 5.97 Å². The van der Waals surface area contributed by atoms with E-state index in [1.807, 2.05) is 0 Å². The van der Waals surface area contributed by atoms with Gasteiger partial charge in [-0.2, -0.15) is 0 Å². The average molecular weight is 337 g/mol. The van der Waals surface area contributed by atoms with Crippen LogP contribution in [0.4, 0.5) is 0 Å². The van der Waals surface area contributed by atoms with Crippen molar-refractivity contribution in [1.82, 2.24) is 20.6 Å². The summed E-state index contributed by atoms with van der Waals surface area (Å²) in [7, 11) is 0. The molecular formula is C14H19N5O5. The van der Waals surface area contributed by atoms with Crippen molar-refractivity contribution in [3.63, 3.8) is 0 Å². The molecule has 2 atom stereocenters. The second-order valence-corrected chi connectivity index (χ2v) is 5.01. The fourth-order valence-electron chi connectivity index (χ4n) is 1.98.